The molecule has 0 aromatic heterocycles. The molecule has 1 aliphatic carbocycles. The van der Waals surface area contributed by atoms with Gasteiger partial charge in [0.05, 0.1) is 0 Å². The summed E-state index contributed by atoms with van der Waals surface area (Å²) in [6.07, 6.45) is 7.35. The second kappa shape index (κ2) is 7.28. The topological polar surface area (TPSA) is 29.1 Å². The average molecular weight is 271 g/mol. The van der Waals surface area contributed by atoms with E-state index in [2.05, 4.69) is 31.3 Å². The molecule has 1 fully saturated rings. The van der Waals surface area contributed by atoms with Gasteiger partial charge in [-0.2, -0.15) is 0 Å². The number of rotatable bonds is 5. The molecule has 0 unspecified atom stereocenters. The monoisotopic (exact) mass is 271 g/mol. The Morgan fingerprint density at radius 2 is 1.80 bits per heavy atom. The Morgan fingerprint density at radius 3 is 2.35 bits per heavy atom. The Labute approximate surface area is 122 Å². The van der Waals surface area contributed by atoms with Gasteiger partial charge in [-0.1, -0.05) is 63.4 Å². The number of carbonyl (C=O) groups is 1. The van der Waals surface area contributed by atoms with Crippen molar-refractivity contribution in [3.8, 4) is 0 Å². The van der Waals surface area contributed by atoms with Crippen LogP contribution in [0.4, 0.5) is 0 Å². The molecule has 108 valence electrons. The maximum absolute atomic E-state index is 11.5. The van der Waals surface area contributed by atoms with Crippen LogP contribution in [-0.4, -0.2) is 12.3 Å². The van der Waals surface area contributed by atoms with Gasteiger partial charge in [-0.25, -0.2) is 0 Å². The van der Waals surface area contributed by atoms with E-state index in [1.807, 2.05) is 18.2 Å². The van der Waals surface area contributed by atoms with E-state index >= 15 is 0 Å². The van der Waals surface area contributed by atoms with Crippen LogP contribution in [0.3, 0.4) is 0 Å². The van der Waals surface area contributed by atoms with Crippen LogP contribution in [0, 0.1) is 5.92 Å². The molecule has 0 atom stereocenters. The molecule has 0 heterocycles. The Morgan fingerprint density at radius 1 is 1.15 bits per heavy atom. The summed E-state index contributed by atoms with van der Waals surface area (Å²) in [4.78, 5) is 11.5. The highest BCUT2D eigenvalue weighted by atomic mass is 16.1. The summed E-state index contributed by atoms with van der Waals surface area (Å²) in [5.41, 5.74) is 3.03. The zero-order chi connectivity index (χ0) is 14.4. The quantitative estimate of drug-likeness (QED) is 0.643. The minimum absolute atomic E-state index is 0.235. The lowest BCUT2D eigenvalue weighted by Gasteiger charge is -2.27. The first-order chi connectivity index (χ1) is 9.72. The van der Waals surface area contributed by atoms with Crippen LogP contribution < -0.4 is 5.32 Å². The smallest absolute Gasteiger partial charge is 0.148 e. The molecule has 0 radical (unpaired) electrons. The molecule has 0 amide bonds. The fourth-order valence-corrected chi connectivity index (χ4v) is 2.87. The Hall–Kier alpha value is -1.57. The van der Waals surface area contributed by atoms with Crippen LogP contribution in [-0.2, 0) is 4.79 Å². The van der Waals surface area contributed by atoms with E-state index in [0.717, 1.165) is 23.1 Å². The van der Waals surface area contributed by atoms with Crippen molar-refractivity contribution in [1.29, 1.82) is 0 Å². The lowest BCUT2D eigenvalue weighted by atomic mass is 9.93. The number of allylic oxidation sites excluding steroid dienone is 1. The summed E-state index contributed by atoms with van der Waals surface area (Å²) in [6.45, 7) is 4.16. The van der Waals surface area contributed by atoms with Crippen molar-refractivity contribution in [1.82, 2.24) is 5.32 Å². The van der Waals surface area contributed by atoms with Gasteiger partial charge in [-0.15, -0.1) is 0 Å². The van der Waals surface area contributed by atoms with Crippen molar-refractivity contribution < 1.29 is 4.79 Å². The number of nitrogens with one attached hydrogen (secondary N) is 1. The molecule has 1 aliphatic rings. The Bertz CT molecular complexity index is 456. The molecule has 2 heteroatoms. The highest BCUT2D eigenvalue weighted by Crippen LogP contribution is 2.25. The molecule has 2 nitrogen and oxygen atoms in total. The van der Waals surface area contributed by atoms with E-state index in [-0.39, 0.29) is 5.92 Å². The molecular weight excluding hydrogens is 246 g/mol. The fraction of sp³-hybridized carbons (Fsp3) is 0.500. The molecular formula is C18H25NO. The summed E-state index contributed by atoms with van der Waals surface area (Å²) in [7, 11) is 0. The van der Waals surface area contributed by atoms with Crippen LogP contribution in [0.5, 0.6) is 0 Å². The Kier molecular flexibility index (Phi) is 5.40. The molecule has 0 spiro atoms. The molecule has 1 aromatic rings. The van der Waals surface area contributed by atoms with Crippen LogP contribution in [0.25, 0.3) is 5.70 Å². The van der Waals surface area contributed by atoms with Crippen molar-refractivity contribution in [2.24, 2.45) is 5.92 Å². The average Bonchev–Trinajstić information content (AvgIpc) is 2.48. The van der Waals surface area contributed by atoms with E-state index in [4.69, 9.17) is 0 Å². The highest BCUT2D eigenvalue weighted by Gasteiger charge is 2.18. The summed E-state index contributed by atoms with van der Waals surface area (Å²) in [6, 6.07) is 10.7. The standard InChI is InChI=1S/C18H25NO/c1-14(2)17(13-20)18(15-9-5-3-6-10-15)19-16-11-7-4-8-12-16/h3,5-6,9-10,13-14,16,19H,4,7-8,11-12H2,1-2H3/b18-17-. The second-order valence-electron chi connectivity index (χ2n) is 5.95. The molecule has 1 aromatic carbocycles. The zero-order valence-corrected chi connectivity index (χ0v) is 12.6. The number of hydrogen-bond acceptors (Lipinski definition) is 2. The van der Waals surface area contributed by atoms with Crippen molar-refractivity contribution in [2.75, 3.05) is 0 Å². The number of benzene rings is 1. The number of aldehydes is 1. The summed E-state index contributed by atoms with van der Waals surface area (Å²) in [5, 5.41) is 3.65. The molecule has 0 aliphatic heterocycles. The van der Waals surface area contributed by atoms with Gasteiger partial charge in [0.15, 0.2) is 0 Å². The predicted octanol–water partition coefficient (Wildman–Crippen LogP) is 4.17. The van der Waals surface area contributed by atoms with Gasteiger partial charge in [0, 0.05) is 17.3 Å². The van der Waals surface area contributed by atoms with E-state index in [9.17, 15) is 4.79 Å². The fourth-order valence-electron chi connectivity index (χ4n) is 2.87. The molecule has 1 saturated carbocycles. The summed E-state index contributed by atoms with van der Waals surface area (Å²) >= 11 is 0. The van der Waals surface area contributed by atoms with E-state index < -0.39 is 0 Å². The largest absolute Gasteiger partial charge is 0.382 e. The third-order valence-electron chi connectivity index (χ3n) is 4.05. The molecule has 2 rings (SSSR count). The minimum atomic E-state index is 0.235. The Balaban J connectivity index is 2.31. The van der Waals surface area contributed by atoms with Gasteiger partial charge >= 0.3 is 0 Å². The lowest BCUT2D eigenvalue weighted by molar-refractivity contribution is -0.105. The van der Waals surface area contributed by atoms with Crippen molar-refractivity contribution in [3.05, 3.63) is 41.5 Å². The molecule has 0 saturated heterocycles. The maximum Gasteiger partial charge on any atom is 0.148 e. The molecule has 1 N–H and O–H groups in total. The third kappa shape index (κ3) is 3.72. The van der Waals surface area contributed by atoms with Gasteiger partial charge in [-0.3, -0.25) is 4.79 Å². The first-order valence-corrected chi connectivity index (χ1v) is 7.73. The number of hydrogen-bond donors (Lipinski definition) is 1. The lowest BCUT2D eigenvalue weighted by Crippen LogP contribution is -2.31. The van der Waals surface area contributed by atoms with E-state index in [0.29, 0.717) is 6.04 Å². The zero-order valence-electron chi connectivity index (χ0n) is 12.6. The van der Waals surface area contributed by atoms with Crippen LogP contribution in [0.15, 0.2) is 35.9 Å². The van der Waals surface area contributed by atoms with Gasteiger partial charge in [-0.05, 0) is 24.3 Å². The summed E-state index contributed by atoms with van der Waals surface area (Å²) < 4.78 is 0. The van der Waals surface area contributed by atoms with Crippen LogP contribution in [0.2, 0.25) is 0 Å². The van der Waals surface area contributed by atoms with E-state index in [1.165, 1.54) is 32.1 Å². The van der Waals surface area contributed by atoms with Crippen LogP contribution in [0.1, 0.15) is 51.5 Å². The first kappa shape index (κ1) is 14.8. The maximum atomic E-state index is 11.5. The minimum Gasteiger partial charge on any atom is -0.382 e. The van der Waals surface area contributed by atoms with Gasteiger partial charge < -0.3 is 5.32 Å². The molecule has 20 heavy (non-hydrogen) atoms. The number of carbonyl (C=O) groups excluding carboxylic acids is 1. The van der Waals surface area contributed by atoms with Crippen molar-refractivity contribution in [3.63, 3.8) is 0 Å². The first-order valence-electron chi connectivity index (χ1n) is 7.73. The second-order valence-corrected chi connectivity index (χ2v) is 5.95. The molecule has 0 bridgehead atoms. The third-order valence-corrected chi connectivity index (χ3v) is 4.05. The van der Waals surface area contributed by atoms with Gasteiger partial charge in [0.2, 0.25) is 0 Å². The van der Waals surface area contributed by atoms with E-state index in [1.54, 1.807) is 0 Å². The summed E-state index contributed by atoms with van der Waals surface area (Å²) in [5.74, 6) is 0.235. The predicted molar refractivity (Wildman–Crippen MR) is 84.3 cm³/mol. The van der Waals surface area contributed by atoms with Crippen LogP contribution >= 0.6 is 0 Å². The SMILES string of the molecule is CC(C)/C(C=O)=C(\NC1CCCCC1)c1ccccc1. The normalized spacial score (nSPS) is 17.8. The van der Waals surface area contributed by atoms with Gasteiger partial charge in [0.1, 0.15) is 6.29 Å². The highest BCUT2D eigenvalue weighted by molar-refractivity contribution is 5.88. The van der Waals surface area contributed by atoms with Crippen molar-refractivity contribution >= 4 is 12.0 Å². The van der Waals surface area contributed by atoms with Crippen molar-refractivity contribution in [2.45, 2.75) is 52.0 Å². The van der Waals surface area contributed by atoms with Gasteiger partial charge in [0.25, 0.3) is 0 Å².